The van der Waals surface area contributed by atoms with Crippen molar-refractivity contribution in [3.8, 4) is 0 Å². The van der Waals surface area contributed by atoms with Crippen LogP contribution in [-0.2, 0) is 19.6 Å². The van der Waals surface area contributed by atoms with Crippen molar-refractivity contribution in [2.24, 2.45) is 5.92 Å². The number of halogens is 1. The molecule has 0 saturated heterocycles. The van der Waals surface area contributed by atoms with Crippen LogP contribution in [-0.4, -0.2) is 32.8 Å². The molecule has 0 aromatic heterocycles. The van der Waals surface area contributed by atoms with Gasteiger partial charge in [-0.25, -0.2) is 8.42 Å². The fraction of sp³-hybridized carbons (Fsp3) is 0.333. The van der Waals surface area contributed by atoms with E-state index in [0.29, 0.717) is 12.0 Å². The van der Waals surface area contributed by atoms with Gasteiger partial charge in [0.2, 0.25) is 10.0 Å². The second kappa shape index (κ2) is 10.1. The molecule has 2 aromatic rings. The zero-order valence-corrected chi connectivity index (χ0v) is 18.9. The molecule has 0 aliphatic carbocycles. The van der Waals surface area contributed by atoms with Crippen molar-refractivity contribution in [2.75, 3.05) is 6.61 Å². The van der Waals surface area contributed by atoms with Gasteiger partial charge in [-0.3, -0.25) is 9.59 Å². The summed E-state index contributed by atoms with van der Waals surface area (Å²) in [5.74, 6) is -1.46. The standard InChI is InChI=1S/C21H24BrNO5S/c1-4-15(3)20(23-29(26,27)18-11-5-14(2)6-12-18)21(25)28-13-19(24)16-7-9-17(22)10-8-16/h5-12,15,20,23H,4,13H2,1-3H3/t15-,20+/m0/s1. The molecule has 0 heterocycles. The van der Waals surface area contributed by atoms with Crippen LogP contribution < -0.4 is 4.72 Å². The molecule has 2 aromatic carbocycles. The van der Waals surface area contributed by atoms with E-state index in [1.165, 1.54) is 12.1 Å². The van der Waals surface area contributed by atoms with E-state index in [1.54, 1.807) is 43.3 Å². The highest BCUT2D eigenvalue weighted by Gasteiger charge is 2.31. The van der Waals surface area contributed by atoms with Gasteiger partial charge in [-0.15, -0.1) is 0 Å². The maximum Gasteiger partial charge on any atom is 0.324 e. The number of benzene rings is 2. The molecule has 0 aliphatic heterocycles. The molecule has 0 fully saturated rings. The lowest BCUT2D eigenvalue weighted by Gasteiger charge is -2.22. The fourth-order valence-electron chi connectivity index (χ4n) is 2.53. The molecule has 2 rings (SSSR count). The average molecular weight is 482 g/mol. The Balaban J connectivity index is 2.10. The molecule has 29 heavy (non-hydrogen) atoms. The third kappa shape index (κ3) is 6.48. The lowest BCUT2D eigenvalue weighted by Crippen LogP contribution is -2.46. The van der Waals surface area contributed by atoms with Crippen LogP contribution in [0.15, 0.2) is 57.9 Å². The van der Waals surface area contributed by atoms with Crippen LogP contribution in [0, 0.1) is 12.8 Å². The Morgan fingerprint density at radius 1 is 1.07 bits per heavy atom. The van der Waals surface area contributed by atoms with Gasteiger partial charge < -0.3 is 4.74 Å². The number of hydrogen-bond donors (Lipinski definition) is 1. The maximum absolute atomic E-state index is 12.7. The molecular formula is C21H24BrNO5S. The van der Waals surface area contributed by atoms with Gasteiger partial charge >= 0.3 is 5.97 Å². The van der Waals surface area contributed by atoms with Gasteiger partial charge in [0.05, 0.1) is 4.90 Å². The van der Waals surface area contributed by atoms with E-state index in [2.05, 4.69) is 20.7 Å². The lowest BCUT2D eigenvalue weighted by atomic mass is 10.0. The molecular weight excluding hydrogens is 458 g/mol. The normalized spacial score (nSPS) is 13.5. The lowest BCUT2D eigenvalue weighted by molar-refractivity contribution is -0.145. The van der Waals surface area contributed by atoms with Crippen LogP contribution >= 0.6 is 15.9 Å². The monoisotopic (exact) mass is 481 g/mol. The number of nitrogens with one attached hydrogen (secondary N) is 1. The summed E-state index contributed by atoms with van der Waals surface area (Å²) >= 11 is 3.29. The van der Waals surface area contributed by atoms with E-state index >= 15 is 0 Å². The SMILES string of the molecule is CC[C@H](C)[C@@H](NS(=O)(=O)c1ccc(C)cc1)C(=O)OCC(=O)c1ccc(Br)cc1. The molecule has 0 amide bonds. The quantitative estimate of drug-likeness (QED) is 0.433. The number of carbonyl (C=O) groups excluding carboxylic acids is 2. The molecule has 0 bridgehead atoms. The number of ketones is 1. The third-order valence-electron chi connectivity index (χ3n) is 4.59. The smallest absolute Gasteiger partial charge is 0.324 e. The highest BCUT2D eigenvalue weighted by atomic mass is 79.9. The van der Waals surface area contributed by atoms with E-state index in [0.717, 1.165) is 10.0 Å². The Hall–Kier alpha value is -2.03. The predicted octanol–water partition coefficient (Wildman–Crippen LogP) is 3.88. The van der Waals surface area contributed by atoms with E-state index in [1.807, 2.05) is 13.8 Å². The summed E-state index contributed by atoms with van der Waals surface area (Å²) in [6.07, 6.45) is 0.552. The summed E-state index contributed by atoms with van der Waals surface area (Å²) in [4.78, 5) is 24.9. The van der Waals surface area contributed by atoms with Gasteiger partial charge in [0.1, 0.15) is 6.04 Å². The maximum atomic E-state index is 12.7. The molecule has 1 N–H and O–H groups in total. The first-order valence-corrected chi connectivity index (χ1v) is 11.5. The zero-order chi connectivity index (χ0) is 21.6. The van der Waals surface area contributed by atoms with Gasteiger partial charge in [0.25, 0.3) is 0 Å². The Kier molecular flexibility index (Phi) is 8.13. The minimum absolute atomic E-state index is 0.0649. The van der Waals surface area contributed by atoms with Crippen molar-refractivity contribution < 1.29 is 22.7 Å². The molecule has 6 nitrogen and oxygen atoms in total. The number of aryl methyl sites for hydroxylation is 1. The van der Waals surface area contributed by atoms with E-state index in [9.17, 15) is 18.0 Å². The van der Waals surface area contributed by atoms with Gasteiger partial charge in [-0.2, -0.15) is 4.72 Å². The van der Waals surface area contributed by atoms with E-state index < -0.39 is 28.6 Å². The first-order chi connectivity index (χ1) is 13.6. The summed E-state index contributed by atoms with van der Waals surface area (Å²) in [7, 11) is -3.91. The van der Waals surface area contributed by atoms with Crippen LogP contribution in [0.3, 0.4) is 0 Å². The molecule has 0 unspecified atom stereocenters. The summed E-state index contributed by atoms with van der Waals surface area (Å²) < 4.78 is 33.8. The van der Waals surface area contributed by atoms with Crippen LogP contribution in [0.5, 0.6) is 0 Å². The Morgan fingerprint density at radius 2 is 1.66 bits per heavy atom. The number of Topliss-reactive ketones (excluding diaryl/α,β-unsaturated/α-hetero) is 1. The Labute approximate surface area is 179 Å². The Morgan fingerprint density at radius 3 is 2.21 bits per heavy atom. The molecule has 8 heteroatoms. The number of rotatable bonds is 9. The molecule has 0 spiro atoms. The van der Waals surface area contributed by atoms with Crippen molar-refractivity contribution in [1.29, 1.82) is 0 Å². The van der Waals surface area contributed by atoms with E-state index in [4.69, 9.17) is 4.74 Å². The molecule has 0 radical (unpaired) electrons. The van der Waals surface area contributed by atoms with Gasteiger partial charge in [0, 0.05) is 10.0 Å². The van der Waals surface area contributed by atoms with Crippen molar-refractivity contribution in [2.45, 2.75) is 38.1 Å². The number of hydrogen-bond acceptors (Lipinski definition) is 5. The summed E-state index contributed by atoms with van der Waals surface area (Å²) in [5.41, 5.74) is 1.33. The van der Waals surface area contributed by atoms with Gasteiger partial charge in [-0.05, 0) is 37.1 Å². The van der Waals surface area contributed by atoms with Crippen LogP contribution in [0.25, 0.3) is 0 Å². The number of sulfonamides is 1. The van der Waals surface area contributed by atoms with Gasteiger partial charge in [-0.1, -0.05) is 66.0 Å². The number of esters is 1. The average Bonchev–Trinajstić information content (AvgIpc) is 2.70. The van der Waals surface area contributed by atoms with Crippen LogP contribution in [0.1, 0.15) is 36.2 Å². The topological polar surface area (TPSA) is 89.5 Å². The second-order valence-electron chi connectivity index (χ2n) is 6.84. The minimum atomic E-state index is -3.91. The summed E-state index contributed by atoms with van der Waals surface area (Å²) in [6, 6.07) is 11.9. The fourth-order valence-corrected chi connectivity index (χ4v) is 4.09. The van der Waals surface area contributed by atoms with Gasteiger partial charge in [0.15, 0.2) is 12.4 Å². The summed E-state index contributed by atoms with van der Waals surface area (Å²) in [6.45, 7) is 4.99. The third-order valence-corrected chi connectivity index (χ3v) is 6.58. The largest absolute Gasteiger partial charge is 0.456 e. The predicted molar refractivity (Wildman–Crippen MR) is 114 cm³/mol. The number of carbonyl (C=O) groups is 2. The van der Waals surface area contributed by atoms with Crippen molar-refractivity contribution >= 4 is 37.7 Å². The second-order valence-corrected chi connectivity index (χ2v) is 9.46. The van der Waals surface area contributed by atoms with E-state index in [-0.39, 0.29) is 16.6 Å². The minimum Gasteiger partial charge on any atom is -0.456 e. The molecule has 0 saturated carbocycles. The molecule has 156 valence electrons. The summed E-state index contributed by atoms with van der Waals surface area (Å²) in [5, 5.41) is 0. The first kappa shape index (κ1) is 23.3. The highest BCUT2D eigenvalue weighted by molar-refractivity contribution is 9.10. The van der Waals surface area contributed by atoms with Crippen LogP contribution in [0.4, 0.5) is 0 Å². The highest BCUT2D eigenvalue weighted by Crippen LogP contribution is 2.16. The van der Waals surface area contributed by atoms with Crippen LogP contribution in [0.2, 0.25) is 0 Å². The molecule has 2 atom stereocenters. The Bertz CT molecular complexity index is 956. The number of ether oxygens (including phenoxy) is 1. The van der Waals surface area contributed by atoms with Crippen molar-refractivity contribution in [3.05, 3.63) is 64.1 Å². The zero-order valence-electron chi connectivity index (χ0n) is 16.5. The molecule has 0 aliphatic rings. The van der Waals surface area contributed by atoms with Crippen molar-refractivity contribution in [1.82, 2.24) is 4.72 Å². The van der Waals surface area contributed by atoms with Crippen molar-refractivity contribution in [3.63, 3.8) is 0 Å². The first-order valence-electron chi connectivity index (χ1n) is 9.18.